The van der Waals surface area contributed by atoms with Crippen molar-refractivity contribution in [1.82, 2.24) is 5.32 Å². The van der Waals surface area contributed by atoms with Crippen LogP contribution in [0.2, 0.25) is 0 Å². The lowest BCUT2D eigenvalue weighted by Crippen LogP contribution is -2.20. The van der Waals surface area contributed by atoms with E-state index in [1.807, 2.05) is 7.05 Å². The van der Waals surface area contributed by atoms with E-state index in [9.17, 15) is 0 Å². The lowest BCUT2D eigenvalue weighted by Gasteiger charge is -2.09. The molecule has 1 atom stereocenters. The van der Waals surface area contributed by atoms with E-state index in [0.717, 1.165) is 13.2 Å². The first-order chi connectivity index (χ1) is 7.81. The summed E-state index contributed by atoms with van der Waals surface area (Å²) in [4.78, 5) is 0. The minimum atomic E-state index is 0.647. The van der Waals surface area contributed by atoms with Gasteiger partial charge in [0.2, 0.25) is 0 Å². The Morgan fingerprint density at radius 2 is 1.56 bits per heavy atom. The molecule has 0 aliphatic rings. The first-order valence-electron chi connectivity index (χ1n) is 7.06. The Kier molecular flexibility index (Phi) is 12.9. The molecule has 0 radical (unpaired) electrons. The third kappa shape index (κ3) is 12.0. The maximum Gasteiger partial charge on any atom is 0.0466 e. The van der Waals surface area contributed by atoms with Crippen LogP contribution in [0.4, 0.5) is 0 Å². The summed E-state index contributed by atoms with van der Waals surface area (Å²) in [5, 5.41) is 3.25. The third-order valence-electron chi connectivity index (χ3n) is 3.06. The van der Waals surface area contributed by atoms with E-state index in [-0.39, 0.29) is 0 Å². The maximum absolute atomic E-state index is 5.61. The van der Waals surface area contributed by atoms with Gasteiger partial charge in [-0.25, -0.2) is 0 Å². The first-order valence-corrected chi connectivity index (χ1v) is 7.06. The fourth-order valence-corrected chi connectivity index (χ4v) is 1.71. The highest BCUT2D eigenvalue weighted by Crippen LogP contribution is 2.03. The lowest BCUT2D eigenvalue weighted by molar-refractivity contribution is 0.125. The van der Waals surface area contributed by atoms with Crippen molar-refractivity contribution in [1.29, 1.82) is 0 Å². The maximum atomic E-state index is 5.61. The summed E-state index contributed by atoms with van der Waals surface area (Å²) in [7, 11) is 2.03. The molecule has 0 spiro atoms. The minimum absolute atomic E-state index is 0.647. The summed E-state index contributed by atoms with van der Waals surface area (Å²) in [6, 6.07) is 0.647. The van der Waals surface area contributed by atoms with Crippen LogP contribution in [-0.4, -0.2) is 26.3 Å². The van der Waals surface area contributed by atoms with E-state index in [2.05, 4.69) is 19.2 Å². The molecule has 0 aliphatic heterocycles. The zero-order valence-electron chi connectivity index (χ0n) is 11.6. The molecule has 0 amide bonds. The largest absolute Gasteiger partial charge is 0.381 e. The van der Waals surface area contributed by atoms with Gasteiger partial charge in [0.05, 0.1) is 0 Å². The van der Waals surface area contributed by atoms with Gasteiger partial charge < -0.3 is 10.1 Å². The Hall–Kier alpha value is -0.0800. The predicted molar refractivity (Wildman–Crippen MR) is 72.0 cm³/mol. The zero-order chi connectivity index (χ0) is 12.1. The predicted octanol–water partition coefficient (Wildman–Crippen LogP) is 3.75. The van der Waals surface area contributed by atoms with Gasteiger partial charge in [-0.1, -0.05) is 32.6 Å². The van der Waals surface area contributed by atoms with Crippen molar-refractivity contribution in [2.75, 3.05) is 20.3 Å². The summed E-state index contributed by atoms with van der Waals surface area (Å²) in [6.45, 7) is 6.40. The number of nitrogens with one attached hydrogen (secondary N) is 1. The Labute approximate surface area is 102 Å². The normalized spacial score (nSPS) is 12.9. The van der Waals surface area contributed by atoms with Gasteiger partial charge in [0.1, 0.15) is 0 Å². The zero-order valence-corrected chi connectivity index (χ0v) is 11.6. The molecule has 1 unspecified atom stereocenters. The molecule has 1 N–H and O–H groups in total. The van der Waals surface area contributed by atoms with Gasteiger partial charge in [-0.05, 0) is 39.7 Å². The fraction of sp³-hybridized carbons (Fsp3) is 1.00. The van der Waals surface area contributed by atoms with E-state index in [1.165, 1.54) is 51.4 Å². The van der Waals surface area contributed by atoms with Crippen LogP contribution in [0.3, 0.4) is 0 Å². The molecule has 0 aromatic heterocycles. The second-order valence-electron chi connectivity index (χ2n) is 4.71. The molecule has 0 saturated carbocycles. The van der Waals surface area contributed by atoms with Crippen LogP contribution in [0.15, 0.2) is 0 Å². The Balaban J connectivity index is 2.93. The Bertz CT molecular complexity index is 128. The van der Waals surface area contributed by atoms with Crippen LogP contribution in [-0.2, 0) is 4.74 Å². The summed E-state index contributed by atoms with van der Waals surface area (Å²) < 4.78 is 5.61. The molecule has 0 aliphatic carbocycles. The van der Waals surface area contributed by atoms with Crippen molar-refractivity contribution in [3.05, 3.63) is 0 Å². The van der Waals surface area contributed by atoms with Gasteiger partial charge >= 0.3 is 0 Å². The smallest absolute Gasteiger partial charge is 0.0466 e. The van der Waals surface area contributed by atoms with Gasteiger partial charge in [0.25, 0.3) is 0 Å². The van der Waals surface area contributed by atoms with Crippen molar-refractivity contribution in [3.8, 4) is 0 Å². The van der Waals surface area contributed by atoms with Gasteiger partial charge in [-0.2, -0.15) is 0 Å². The second kappa shape index (κ2) is 13.0. The molecule has 2 nitrogen and oxygen atoms in total. The molecular weight excluding hydrogens is 198 g/mol. The highest BCUT2D eigenvalue weighted by atomic mass is 16.5. The number of rotatable bonds is 12. The highest BCUT2D eigenvalue weighted by molar-refractivity contribution is 4.56. The number of unbranched alkanes of at least 4 members (excludes halogenated alkanes) is 5. The van der Waals surface area contributed by atoms with E-state index >= 15 is 0 Å². The SMILES string of the molecule is CCCCCCCOCCCCC(C)NC. The second-order valence-corrected chi connectivity index (χ2v) is 4.71. The van der Waals surface area contributed by atoms with E-state index in [0.29, 0.717) is 6.04 Å². The molecule has 0 heterocycles. The van der Waals surface area contributed by atoms with Crippen LogP contribution in [0.25, 0.3) is 0 Å². The van der Waals surface area contributed by atoms with Crippen molar-refractivity contribution < 1.29 is 4.74 Å². The highest BCUT2D eigenvalue weighted by Gasteiger charge is 1.97. The van der Waals surface area contributed by atoms with Crippen molar-refractivity contribution in [2.45, 2.75) is 71.3 Å². The Morgan fingerprint density at radius 3 is 2.19 bits per heavy atom. The fourth-order valence-electron chi connectivity index (χ4n) is 1.71. The van der Waals surface area contributed by atoms with Crippen molar-refractivity contribution >= 4 is 0 Å². The average molecular weight is 229 g/mol. The van der Waals surface area contributed by atoms with Crippen LogP contribution < -0.4 is 5.32 Å². The topological polar surface area (TPSA) is 21.3 Å². The molecule has 0 aromatic rings. The molecule has 0 bridgehead atoms. The van der Waals surface area contributed by atoms with Crippen molar-refractivity contribution in [3.63, 3.8) is 0 Å². The molecule has 0 rings (SSSR count). The number of ether oxygens (including phenoxy) is 1. The minimum Gasteiger partial charge on any atom is -0.381 e. The van der Waals surface area contributed by atoms with Crippen molar-refractivity contribution in [2.24, 2.45) is 0 Å². The first kappa shape index (κ1) is 15.9. The van der Waals surface area contributed by atoms with Gasteiger partial charge in [0.15, 0.2) is 0 Å². The standard InChI is InChI=1S/C14H31NO/c1-4-5-6-7-9-12-16-13-10-8-11-14(2)15-3/h14-15H,4-13H2,1-3H3. The van der Waals surface area contributed by atoms with Crippen LogP contribution >= 0.6 is 0 Å². The molecule has 2 heteroatoms. The van der Waals surface area contributed by atoms with E-state index in [1.54, 1.807) is 0 Å². The molecule has 0 aromatic carbocycles. The lowest BCUT2D eigenvalue weighted by atomic mass is 10.1. The van der Waals surface area contributed by atoms with E-state index in [4.69, 9.17) is 4.74 Å². The molecular formula is C14H31NO. The molecule has 98 valence electrons. The summed E-state index contributed by atoms with van der Waals surface area (Å²) >= 11 is 0. The summed E-state index contributed by atoms with van der Waals surface area (Å²) in [5.74, 6) is 0. The molecule has 16 heavy (non-hydrogen) atoms. The van der Waals surface area contributed by atoms with Gasteiger partial charge in [-0.3, -0.25) is 0 Å². The average Bonchev–Trinajstić information content (AvgIpc) is 2.31. The quantitative estimate of drug-likeness (QED) is 0.515. The molecule has 0 saturated heterocycles. The third-order valence-corrected chi connectivity index (χ3v) is 3.06. The van der Waals surface area contributed by atoms with Crippen LogP contribution in [0, 0.1) is 0 Å². The van der Waals surface area contributed by atoms with Crippen LogP contribution in [0.5, 0.6) is 0 Å². The Morgan fingerprint density at radius 1 is 0.938 bits per heavy atom. The monoisotopic (exact) mass is 229 g/mol. The summed E-state index contributed by atoms with van der Waals surface area (Å²) in [5.41, 5.74) is 0. The summed E-state index contributed by atoms with van der Waals surface area (Å²) in [6.07, 6.45) is 10.4. The number of hydrogen-bond acceptors (Lipinski definition) is 2. The molecule has 0 fully saturated rings. The van der Waals surface area contributed by atoms with Gasteiger partial charge in [-0.15, -0.1) is 0 Å². The van der Waals surface area contributed by atoms with Gasteiger partial charge in [0, 0.05) is 19.3 Å². The van der Waals surface area contributed by atoms with E-state index < -0.39 is 0 Å². The van der Waals surface area contributed by atoms with Crippen LogP contribution in [0.1, 0.15) is 65.2 Å². The number of hydrogen-bond donors (Lipinski definition) is 1.